The number of aromatic amines is 2. The van der Waals surface area contributed by atoms with Gasteiger partial charge in [0, 0.05) is 11.1 Å². The Bertz CT molecular complexity index is 1060. The maximum absolute atomic E-state index is 4.31. The van der Waals surface area contributed by atoms with Crippen LogP contribution in [0.15, 0.2) is 60.7 Å². The molecular formula is C20H12N4. The molecule has 5 aromatic rings. The van der Waals surface area contributed by atoms with Crippen LogP contribution in [-0.4, -0.2) is 19.9 Å². The quantitative estimate of drug-likeness (QED) is 0.508. The van der Waals surface area contributed by atoms with E-state index in [0.717, 1.165) is 44.3 Å². The van der Waals surface area contributed by atoms with E-state index < -0.39 is 0 Å². The third kappa shape index (κ3) is 1.93. The van der Waals surface area contributed by atoms with E-state index in [1.54, 1.807) is 0 Å². The summed E-state index contributed by atoms with van der Waals surface area (Å²) in [6.07, 6.45) is 5.62. The Kier molecular flexibility index (Phi) is 2.76. The van der Waals surface area contributed by atoms with E-state index in [1.807, 2.05) is 24.3 Å². The normalized spacial score (nSPS) is 11.3. The monoisotopic (exact) mass is 308 g/mol. The molecular weight excluding hydrogens is 296 g/mol. The van der Waals surface area contributed by atoms with E-state index in [1.165, 1.54) is 0 Å². The molecule has 0 saturated carbocycles. The lowest BCUT2D eigenvalue weighted by molar-refractivity contribution is 1.32. The van der Waals surface area contributed by atoms with Gasteiger partial charge in [0.1, 0.15) is 0 Å². The van der Waals surface area contributed by atoms with Crippen molar-refractivity contribution in [2.75, 3.05) is 0 Å². The summed E-state index contributed by atoms with van der Waals surface area (Å²) in [4.78, 5) is 14.7. The van der Waals surface area contributed by atoms with E-state index in [0.29, 0.717) is 0 Å². The first-order valence-electron chi connectivity index (χ1n) is 7.70. The van der Waals surface area contributed by atoms with E-state index in [9.17, 15) is 0 Å². The Morgan fingerprint density at radius 1 is 0.583 bits per heavy atom. The molecule has 0 aliphatic rings. The van der Waals surface area contributed by atoms with Gasteiger partial charge in [0.05, 0.1) is 22.1 Å². The summed E-state index contributed by atoms with van der Waals surface area (Å²) in [5.41, 5.74) is 8.33. The Morgan fingerprint density at radius 2 is 1.04 bits per heavy atom. The van der Waals surface area contributed by atoms with Crippen molar-refractivity contribution in [1.82, 2.24) is 19.9 Å². The zero-order valence-electron chi connectivity index (χ0n) is 12.7. The molecule has 112 valence electrons. The average molecular weight is 308 g/mol. The minimum Gasteiger partial charge on any atom is -0.335 e. The zero-order chi connectivity index (χ0) is 15.9. The van der Waals surface area contributed by atoms with E-state index >= 15 is 0 Å². The first-order chi connectivity index (χ1) is 11.9. The van der Waals surface area contributed by atoms with E-state index in [4.69, 9.17) is 0 Å². The molecule has 0 saturated heterocycles. The molecule has 0 atom stereocenters. The molecule has 2 aromatic heterocycles. The van der Waals surface area contributed by atoms with Crippen molar-refractivity contribution in [1.29, 1.82) is 0 Å². The molecule has 0 unspecified atom stereocenters. The Balaban J connectivity index is 1.63. The van der Waals surface area contributed by atoms with E-state index in [-0.39, 0.29) is 0 Å². The van der Waals surface area contributed by atoms with Gasteiger partial charge < -0.3 is 9.97 Å². The molecule has 4 heteroatoms. The van der Waals surface area contributed by atoms with Crippen LogP contribution >= 0.6 is 0 Å². The minimum absolute atomic E-state index is 0.939. The molecule has 0 bridgehead atoms. The summed E-state index contributed by atoms with van der Waals surface area (Å²) in [6, 6.07) is 20.7. The van der Waals surface area contributed by atoms with Crippen LogP contribution in [0, 0.1) is 12.7 Å². The number of rotatable bonds is 2. The fourth-order valence-electron chi connectivity index (χ4n) is 3.11. The Hall–Kier alpha value is -3.40. The number of fused-ring (bicyclic) bond motifs is 2. The van der Waals surface area contributed by atoms with Crippen LogP contribution in [-0.2, 0) is 0 Å². The van der Waals surface area contributed by atoms with Crippen LogP contribution < -0.4 is 0 Å². The summed E-state index contributed by atoms with van der Waals surface area (Å²) in [7, 11) is 0. The van der Waals surface area contributed by atoms with Crippen LogP contribution in [0.25, 0.3) is 44.3 Å². The SMILES string of the molecule is [c]1nc2c(-c3ccc(-c4cccc5[nH][c]nc45)cc3)cccc2[nH]1. The third-order valence-electron chi connectivity index (χ3n) is 4.30. The minimum atomic E-state index is 0.939. The summed E-state index contributed by atoms with van der Waals surface area (Å²) >= 11 is 0. The van der Waals surface area contributed by atoms with Gasteiger partial charge in [0.15, 0.2) is 12.7 Å². The molecule has 5 rings (SSSR count). The molecule has 0 aliphatic heterocycles. The second kappa shape index (κ2) is 5.06. The average Bonchev–Trinajstić information content (AvgIpc) is 3.30. The number of aromatic nitrogens is 4. The number of hydrogen-bond acceptors (Lipinski definition) is 2. The summed E-state index contributed by atoms with van der Waals surface area (Å²) in [5, 5.41) is 0. The zero-order valence-corrected chi connectivity index (χ0v) is 12.7. The lowest BCUT2D eigenvalue weighted by Gasteiger charge is -2.06. The fourth-order valence-corrected chi connectivity index (χ4v) is 3.11. The van der Waals surface area contributed by atoms with Crippen LogP contribution in [0.2, 0.25) is 0 Å². The topological polar surface area (TPSA) is 57.4 Å². The lowest BCUT2D eigenvalue weighted by atomic mass is 9.99. The molecule has 2 radical (unpaired) electrons. The maximum atomic E-state index is 4.31. The highest BCUT2D eigenvalue weighted by Crippen LogP contribution is 2.31. The van der Waals surface area contributed by atoms with Gasteiger partial charge in [-0.3, -0.25) is 0 Å². The second-order valence-corrected chi connectivity index (χ2v) is 5.68. The van der Waals surface area contributed by atoms with Crippen molar-refractivity contribution in [3.63, 3.8) is 0 Å². The predicted molar refractivity (Wildman–Crippen MR) is 94.3 cm³/mol. The molecule has 24 heavy (non-hydrogen) atoms. The summed E-state index contributed by atoms with van der Waals surface area (Å²) in [6.45, 7) is 0. The van der Waals surface area contributed by atoms with Gasteiger partial charge in [0.25, 0.3) is 0 Å². The molecule has 2 N–H and O–H groups in total. The molecule has 2 heterocycles. The predicted octanol–water partition coefficient (Wildman–Crippen LogP) is 4.37. The van der Waals surface area contributed by atoms with Gasteiger partial charge in [-0.1, -0.05) is 48.5 Å². The summed E-state index contributed by atoms with van der Waals surface area (Å²) < 4.78 is 0. The van der Waals surface area contributed by atoms with Crippen molar-refractivity contribution in [3.05, 3.63) is 73.3 Å². The van der Waals surface area contributed by atoms with Crippen molar-refractivity contribution in [2.24, 2.45) is 0 Å². The van der Waals surface area contributed by atoms with Crippen LogP contribution in [0.5, 0.6) is 0 Å². The Morgan fingerprint density at radius 3 is 1.50 bits per heavy atom. The number of imidazole rings is 2. The van der Waals surface area contributed by atoms with Gasteiger partial charge >= 0.3 is 0 Å². The largest absolute Gasteiger partial charge is 0.335 e. The fraction of sp³-hybridized carbons (Fsp3) is 0. The molecule has 0 aliphatic carbocycles. The highest BCUT2D eigenvalue weighted by Gasteiger charge is 2.08. The van der Waals surface area contributed by atoms with Gasteiger partial charge in [-0.25, -0.2) is 9.97 Å². The van der Waals surface area contributed by atoms with E-state index in [2.05, 4.69) is 69.0 Å². The van der Waals surface area contributed by atoms with Gasteiger partial charge in [0.2, 0.25) is 0 Å². The van der Waals surface area contributed by atoms with Crippen LogP contribution in [0.3, 0.4) is 0 Å². The number of para-hydroxylation sites is 2. The number of H-pyrrole nitrogens is 2. The number of nitrogens with one attached hydrogen (secondary N) is 2. The molecule has 0 spiro atoms. The molecule has 3 aromatic carbocycles. The van der Waals surface area contributed by atoms with Crippen molar-refractivity contribution < 1.29 is 0 Å². The number of nitrogens with zero attached hydrogens (tertiary/aromatic N) is 2. The van der Waals surface area contributed by atoms with Gasteiger partial charge in [-0.05, 0) is 23.3 Å². The maximum Gasteiger partial charge on any atom is 0.174 e. The van der Waals surface area contributed by atoms with Gasteiger partial charge in [-0.2, -0.15) is 0 Å². The van der Waals surface area contributed by atoms with Crippen molar-refractivity contribution in [3.8, 4) is 22.3 Å². The van der Waals surface area contributed by atoms with Crippen LogP contribution in [0.1, 0.15) is 0 Å². The smallest absolute Gasteiger partial charge is 0.174 e. The van der Waals surface area contributed by atoms with Crippen molar-refractivity contribution in [2.45, 2.75) is 0 Å². The highest BCUT2D eigenvalue weighted by molar-refractivity contribution is 5.94. The van der Waals surface area contributed by atoms with Gasteiger partial charge in [-0.15, -0.1) is 0 Å². The third-order valence-corrected chi connectivity index (χ3v) is 4.30. The summed E-state index contributed by atoms with van der Waals surface area (Å²) in [5.74, 6) is 0. The molecule has 0 amide bonds. The van der Waals surface area contributed by atoms with Crippen molar-refractivity contribution >= 4 is 22.1 Å². The van der Waals surface area contributed by atoms with Crippen LogP contribution in [0.4, 0.5) is 0 Å². The molecule has 0 fully saturated rings. The highest BCUT2D eigenvalue weighted by atomic mass is 14.9. The molecule has 4 nitrogen and oxygen atoms in total. The second-order valence-electron chi connectivity index (χ2n) is 5.68. The first kappa shape index (κ1) is 13.1. The number of hydrogen-bond donors (Lipinski definition) is 2. The standard InChI is InChI=1S/C20H12N4/c1-3-15(19-17(5-1)21-11-23-19)13-7-9-14(10-8-13)16-4-2-6-18-20(16)24-12-22-18/h1-10H,(H,21,23)(H,22,24). The lowest BCUT2D eigenvalue weighted by Crippen LogP contribution is -1.83. The Labute approximate surface area is 138 Å². The number of benzene rings is 3. The first-order valence-corrected chi connectivity index (χ1v) is 7.70.